The fourth-order valence-corrected chi connectivity index (χ4v) is 3.11. The molecule has 1 aromatic carbocycles. The molecule has 0 bridgehead atoms. The van der Waals surface area contributed by atoms with Crippen molar-refractivity contribution in [3.63, 3.8) is 0 Å². The van der Waals surface area contributed by atoms with Crippen LogP contribution < -0.4 is 10.6 Å². The predicted octanol–water partition coefficient (Wildman–Crippen LogP) is 2.24. The van der Waals surface area contributed by atoms with E-state index in [-0.39, 0.29) is 11.8 Å². The summed E-state index contributed by atoms with van der Waals surface area (Å²) in [6.45, 7) is 1.81. The Morgan fingerprint density at radius 3 is 2.77 bits per heavy atom. The van der Waals surface area contributed by atoms with Crippen molar-refractivity contribution in [2.75, 3.05) is 25.6 Å². The van der Waals surface area contributed by atoms with E-state index >= 15 is 0 Å². The Morgan fingerprint density at radius 2 is 2.00 bits per heavy atom. The maximum Gasteiger partial charge on any atom is 0.291 e. The number of amides is 2. The highest BCUT2D eigenvalue weighted by molar-refractivity contribution is 6.03. The first kappa shape index (κ1) is 18.1. The molecule has 0 atom stereocenters. The number of fused-ring (bicyclic) bond motifs is 1. The third-order valence-electron chi connectivity index (χ3n) is 4.38. The third-order valence-corrected chi connectivity index (χ3v) is 4.38. The Balaban J connectivity index is 1.79. The van der Waals surface area contributed by atoms with E-state index < -0.39 is 0 Å². The minimum atomic E-state index is -0.294. The first-order valence-corrected chi connectivity index (χ1v) is 8.93. The van der Waals surface area contributed by atoms with Crippen molar-refractivity contribution in [3.8, 4) is 0 Å². The quantitative estimate of drug-likeness (QED) is 0.745. The summed E-state index contributed by atoms with van der Waals surface area (Å²) in [6, 6.07) is 9.24. The smallest absolute Gasteiger partial charge is 0.291 e. The number of methoxy groups -OCH3 is 1. The molecule has 1 aliphatic heterocycles. The number of rotatable bonds is 7. The summed E-state index contributed by atoms with van der Waals surface area (Å²) in [5, 5.41) is 5.71. The number of carbonyl (C=O) groups excluding carboxylic acids is 2. The van der Waals surface area contributed by atoms with Gasteiger partial charge in [-0.15, -0.1) is 0 Å². The molecule has 0 unspecified atom stereocenters. The third kappa shape index (κ3) is 4.11. The Hall–Kier alpha value is -2.67. The number of nitrogens with one attached hydrogen (secondary N) is 2. The van der Waals surface area contributed by atoms with Crippen molar-refractivity contribution >= 4 is 17.5 Å². The summed E-state index contributed by atoms with van der Waals surface area (Å²) in [4.78, 5) is 29.6. The first-order valence-electron chi connectivity index (χ1n) is 8.93. The zero-order valence-electron chi connectivity index (χ0n) is 15.0. The van der Waals surface area contributed by atoms with Crippen molar-refractivity contribution in [2.24, 2.45) is 0 Å². The number of aromatic nitrogens is 2. The van der Waals surface area contributed by atoms with E-state index in [0.29, 0.717) is 36.9 Å². The van der Waals surface area contributed by atoms with Gasteiger partial charge in [0.25, 0.3) is 11.8 Å². The number of nitrogens with zero attached hydrogens (tertiary/aromatic N) is 2. The summed E-state index contributed by atoms with van der Waals surface area (Å²) in [6.07, 6.45) is 3.46. The van der Waals surface area contributed by atoms with E-state index in [1.807, 2.05) is 34.9 Å². The van der Waals surface area contributed by atoms with Crippen LogP contribution in [0, 0.1) is 0 Å². The molecule has 7 nitrogen and oxygen atoms in total. The van der Waals surface area contributed by atoms with Crippen molar-refractivity contribution in [2.45, 2.75) is 32.2 Å². The van der Waals surface area contributed by atoms with E-state index in [1.165, 1.54) is 0 Å². The Kier molecular flexibility index (Phi) is 6.01. The first-order chi connectivity index (χ1) is 12.7. The lowest BCUT2D eigenvalue weighted by Gasteiger charge is -2.17. The maximum atomic E-state index is 12.7. The zero-order valence-corrected chi connectivity index (χ0v) is 15.0. The molecule has 0 radical (unpaired) electrons. The van der Waals surface area contributed by atoms with Crippen LogP contribution in [-0.2, 0) is 17.7 Å². The maximum absolute atomic E-state index is 12.7. The van der Waals surface area contributed by atoms with E-state index in [2.05, 4.69) is 15.6 Å². The normalized spacial score (nSPS) is 13.1. The van der Waals surface area contributed by atoms with Crippen molar-refractivity contribution in [1.82, 2.24) is 14.9 Å². The second kappa shape index (κ2) is 8.62. The molecule has 138 valence electrons. The van der Waals surface area contributed by atoms with Crippen LogP contribution in [0.4, 0.5) is 5.69 Å². The van der Waals surface area contributed by atoms with Gasteiger partial charge < -0.3 is 19.9 Å². The lowest BCUT2D eigenvalue weighted by atomic mass is 10.1. The summed E-state index contributed by atoms with van der Waals surface area (Å²) >= 11 is 0. The lowest BCUT2D eigenvalue weighted by molar-refractivity contribution is 0.0942. The van der Waals surface area contributed by atoms with E-state index in [1.54, 1.807) is 7.11 Å². The van der Waals surface area contributed by atoms with Gasteiger partial charge in [0.2, 0.25) is 0 Å². The van der Waals surface area contributed by atoms with Gasteiger partial charge in [-0.1, -0.05) is 18.2 Å². The van der Waals surface area contributed by atoms with Gasteiger partial charge in [-0.3, -0.25) is 9.59 Å². The number of hydrogen-bond acceptors (Lipinski definition) is 4. The average Bonchev–Trinajstić information content (AvgIpc) is 3.06. The fourth-order valence-electron chi connectivity index (χ4n) is 3.11. The highest BCUT2D eigenvalue weighted by Crippen LogP contribution is 2.22. The van der Waals surface area contributed by atoms with Gasteiger partial charge in [0, 0.05) is 32.5 Å². The van der Waals surface area contributed by atoms with Crippen LogP contribution in [0.25, 0.3) is 0 Å². The van der Waals surface area contributed by atoms with Gasteiger partial charge in [-0.2, -0.15) is 0 Å². The molecule has 2 N–H and O–H groups in total. The minimum Gasteiger partial charge on any atom is -0.385 e. The average molecular weight is 356 g/mol. The molecule has 0 fully saturated rings. The standard InChI is InChI=1S/C19H24N4O3/c1-26-13-7-11-20-18(24)16-15-10-5-6-12-23(15)17(22-16)19(25)21-14-8-3-2-4-9-14/h2-4,8-9H,5-7,10-13H2,1H3,(H,20,24)(H,21,25). The van der Waals surface area contributed by atoms with Gasteiger partial charge in [-0.25, -0.2) is 4.98 Å². The van der Waals surface area contributed by atoms with Gasteiger partial charge >= 0.3 is 0 Å². The number of ether oxygens (including phenoxy) is 1. The molecule has 26 heavy (non-hydrogen) atoms. The van der Waals surface area contributed by atoms with Crippen LogP contribution in [0.2, 0.25) is 0 Å². The molecular weight excluding hydrogens is 332 g/mol. The second-order valence-corrected chi connectivity index (χ2v) is 6.26. The van der Waals surface area contributed by atoms with Gasteiger partial charge in [-0.05, 0) is 37.8 Å². The van der Waals surface area contributed by atoms with Gasteiger partial charge in [0.05, 0.1) is 5.69 Å². The van der Waals surface area contributed by atoms with Crippen LogP contribution in [-0.4, -0.2) is 41.6 Å². The van der Waals surface area contributed by atoms with Crippen molar-refractivity contribution in [3.05, 3.63) is 47.5 Å². The zero-order chi connectivity index (χ0) is 18.4. The highest BCUT2D eigenvalue weighted by atomic mass is 16.5. The number of anilines is 1. The molecule has 0 saturated carbocycles. The molecule has 0 aliphatic carbocycles. The predicted molar refractivity (Wildman–Crippen MR) is 98.4 cm³/mol. The van der Waals surface area contributed by atoms with Crippen LogP contribution >= 0.6 is 0 Å². The van der Waals surface area contributed by atoms with E-state index in [9.17, 15) is 9.59 Å². The Labute approximate surface area is 152 Å². The summed E-state index contributed by atoms with van der Waals surface area (Å²) < 4.78 is 6.87. The topological polar surface area (TPSA) is 85.2 Å². The van der Waals surface area contributed by atoms with Gasteiger partial charge in [0.15, 0.2) is 5.82 Å². The molecule has 2 aromatic rings. The SMILES string of the molecule is COCCCNC(=O)c1nc(C(=O)Nc2ccccc2)n2c1CCCC2. The molecule has 0 spiro atoms. The van der Waals surface area contributed by atoms with Crippen LogP contribution in [0.3, 0.4) is 0 Å². The van der Waals surface area contributed by atoms with E-state index in [0.717, 1.165) is 31.4 Å². The number of benzene rings is 1. The van der Waals surface area contributed by atoms with E-state index in [4.69, 9.17) is 4.74 Å². The number of para-hydroxylation sites is 1. The molecule has 0 saturated heterocycles. The molecule has 7 heteroatoms. The molecule has 1 aromatic heterocycles. The largest absolute Gasteiger partial charge is 0.385 e. The molecule has 2 heterocycles. The van der Waals surface area contributed by atoms with Crippen molar-refractivity contribution in [1.29, 1.82) is 0 Å². The highest BCUT2D eigenvalue weighted by Gasteiger charge is 2.27. The minimum absolute atomic E-state index is 0.231. The van der Waals surface area contributed by atoms with Crippen LogP contribution in [0.15, 0.2) is 30.3 Å². The van der Waals surface area contributed by atoms with Crippen LogP contribution in [0.1, 0.15) is 46.1 Å². The molecular formula is C19H24N4O3. The molecule has 2 amide bonds. The van der Waals surface area contributed by atoms with Crippen molar-refractivity contribution < 1.29 is 14.3 Å². The van der Waals surface area contributed by atoms with Gasteiger partial charge in [0.1, 0.15) is 5.69 Å². The number of carbonyl (C=O) groups is 2. The summed E-state index contributed by atoms with van der Waals surface area (Å²) in [5.74, 6) is -0.228. The number of hydrogen-bond donors (Lipinski definition) is 2. The van der Waals surface area contributed by atoms with Crippen LogP contribution in [0.5, 0.6) is 0 Å². The Morgan fingerprint density at radius 1 is 1.19 bits per heavy atom. The monoisotopic (exact) mass is 356 g/mol. The summed E-state index contributed by atoms with van der Waals surface area (Å²) in [7, 11) is 1.63. The molecule has 3 rings (SSSR count). The Bertz CT molecular complexity index is 771. The summed E-state index contributed by atoms with van der Waals surface area (Å²) in [5.41, 5.74) is 1.91. The molecule has 1 aliphatic rings. The fraction of sp³-hybridized carbons (Fsp3) is 0.421. The number of imidazole rings is 1. The second-order valence-electron chi connectivity index (χ2n) is 6.26. The lowest BCUT2D eigenvalue weighted by Crippen LogP contribution is -2.27.